The molecule has 1 aliphatic heterocycles. The molecule has 1 N–H and O–H groups in total. The number of carbonyl (C=O) groups is 2. The number of amides is 1. The third-order valence-electron chi connectivity index (χ3n) is 5.02. The number of esters is 1. The Kier molecular flexibility index (Phi) is 8.53. The van der Waals surface area contributed by atoms with E-state index in [1.165, 1.54) is 35.5 Å². The van der Waals surface area contributed by atoms with Crippen LogP contribution in [0.4, 0.5) is 5.69 Å². The van der Waals surface area contributed by atoms with Crippen molar-refractivity contribution in [3.63, 3.8) is 0 Å². The minimum Gasteiger partial charge on any atom is -0.449 e. The SMILES string of the molecule is CC(OC(=O)c1ccc(Cl)c(S(=O)(=O)N2CCCCC2)c1)C(=O)Nc1cc(Cl)c(Cl)cc1Cl. The molecule has 33 heavy (non-hydrogen) atoms. The zero-order valence-corrected chi connectivity index (χ0v) is 21.2. The number of carbonyl (C=O) groups excluding carboxylic acids is 2. The van der Waals surface area contributed by atoms with Crippen LogP contribution >= 0.6 is 46.4 Å². The molecule has 0 aromatic heterocycles. The largest absolute Gasteiger partial charge is 0.449 e. The Bertz CT molecular complexity index is 1180. The van der Waals surface area contributed by atoms with Gasteiger partial charge in [-0.25, -0.2) is 13.2 Å². The van der Waals surface area contributed by atoms with Crippen LogP contribution in [0.1, 0.15) is 36.5 Å². The highest BCUT2D eigenvalue weighted by atomic mass is 35.5. The highest BCUT2D eigenvalue weighted by Crippen LogP contribution is 2.32. The molecule has 1 amide bonds. The number of hydrogen-bond donors (Lipinski definition) is 1. The average molecular weight is 554 g/mol. The summed E-state index contributed by atoms with van der Waals surface area (Å²) in [6, 6.07) is 6.55. The summed E-state index contributed by atoms with van der Waals surface area (Å²) in [5.41, 5.74) is 0.141. The van der Waals surface area contributed by atoms with Crippen LogP contribution < -0.4 is 5.32 Å². The van der Waals surface area contributed by atoms with E-state index in [0.717, 1.165) is 25.3 Å². The number of halogens is 4. The van der Waals surface area contributed by atoms with Gasteiger partial charge in [0.25, 0.3) is 5.91 Å². The van der Waals surface area contributed by atoms with E-state index in [2.05, 4.69) is 5.32 Å². The molecule has 12 heteroatoms. The molecule has 1 saturated heterocycles. The molecule has 2 aromatic rings. The van der Waals surface area contributed by atoms with Gasteiger partial charge >= 0.3 is 5.97 Å². The Hall–Kier alpha value is -1.55. The highest BCUT2D eigenvalue weighted by Gasteiger charge is 2.29. The monoisotopic (exact) mass is 552 g/mol. The first-order chi connectivity index (χ1) is 15.5. The van der Waals surface area contributed by atoms with Crippen LogP contribution in [0.15, 0.2) is 35.2 Å². The van der Waals surface area contributed by atoms with Crippen LogP contribution in [0.5, 0.6) is 0 Å². The minimum atomic E-state index is -3.87. The van der Waals surface area contributed by atoms with Gasteiger partial charge in [-0.15, -0.1) is 0 Å². The summed E-state index contributed by atoms with van der Waals surface area (Å²) in [4.78, 5) is 24.9. The fourth-order valence-electron chi connectivity index (χ4n) is 3.21. The molecule has 1 heterocycles. The summed E-state index contributed by atoms with van der Waals surface area (Å²) >= 11 is 24.0. The molecule has 0 saturated carbocycles. The molecule has 1 atom stereocenters. The van der Waals surface area contributed by atoms with Crippen molar-refractivity contribution in [3.05, 3.63) is 56.0 Å². The fraction of sp³-hybridized carbons (Fsp3) is 0.333. The molecule has 0 aliphatic carbocycles. The molecule has 0 bridgehead atoms. The molecular weight excluding hydrogens is 534 g/mol. The lowest BCUT2D eigenvalue weighted by Crippen LogP contribution is -2.36. The molecule has 3 rings (SSSR count). The third-order valence-corrected chi connectivity index (χ3v) is 8.44. The van der Waals surface area contributed by atoms with E-state index < -0.39 is 28.0 Å². The predicted octanol–water partition coefficient (Wildman–Crippen LogP) is 5.66. The molecule has 1 unspecified atom stereocenters. The standard InChI is InChI=1S/C21H20Cl4N2O5S/c1-12(20(28)26-18-11-16(24)15(23)10-17(18)25)32-21(29)13-5-6-14(22)19(9-13)33(30,31)27-7-3-2-4-8-27/h5-6,9-12H,2-4,7-8H2,1H3,(H,26,28). The van der Waals surface area contributed by atoms with Crippen molar-refractivity contribution < 1.29 is 22.7 Å². The van der Waals surface area contributed by atoms with E-state index >= 15 is 0 Å². The number of sulfonamides is 1. The summed E-state index contributed by atoms with van der Waals surface area (Å²) in [5.74, 6) is -1.55. The Labute approximate surface area is 211 Å². The molecule has 178 valence electrons. The number of piperidine rings is 1. The quantitative estimate of drug-likeness (QED) is 0.368. The van der Waals surface area contributed by atoms with Gasteiger partial charge < -0.3 is 10.1 Å². The molecule has 1 aliphatic rings. The fourth-order valence-corrected chi connectivity index (χ4v) is 5.82. The first-order valence-electron chi connectivity index (χ1n) is 9.97. The van der Waals surface area contributed by atoms with Crippen LogP contribution in [0.3, 0.4) is 0 Å². The van der Waals surface area contributed by atoms with Gasteiger partial charge in [-0.1, -0.05) is 52.8 Å². The van der Waals surface area contributed by atoms with Gasteiger partial charge in [-0.3, -0.25) is 4.79 Å². The molecule has 7 nitrogen and oxygen atoms in total. The van der Waals surface area contributed by atoms with Gasteiger partial charge in [-0.05, 0) is 50.1 Å². The zero-order valence-electron chi connectivity index (χ0n) is 17.4. The maximum Gasteiger partial charge on any atom is 0.338 e. The lowest BCUT2D eigenvalue weighted by molar-refractivity contribution is -0.123. The van der Waals surface area contributed by atoms with E-state index in [1.807, 2.05) is 0 Å². The van der Waals surface area contributed by atoms with Gasteiger partial charge in [0.2, 0.25) is 10.0 Å². The van der Waals surface area contributed by atoms with Crippen LogP contribution in [-0.2, 0) is 19.6 Å². The normalized spacial score (nSPS) is 15.7. The smallest absolute Gasteiger partial charge is 0.338 e. The van der Waals surface area contributed by atoms with Crippen molar-refractivity contribution in [1.29, 1.82) is 0 Å². The van der Waals surface area contributed by atoms with Crippen molar-refractivity contribution >= 4 is 74.0 Å². The van der Waals surface area contributed by atoms with Crippen molar-refractivity contribution in [3.8, 4) is 0 Å². The summed E-state index contributed by atoms with van der Waals surface area (Å²) in [5, 5.41) is 3.06. The number of anilines is 1. The molecular formula is C21H20Cl4N2O5S. The maximum absolute atomic E-state index is 13.0. The van der Waals surface area contributed by atoms with E-state index in [-0.39, 0.29) is 36.2 Å². The Morgan fingerprint density at radius 3 is 2.24 bits per heavy atom. The van der Waals surface area contributed by atoms with Crippen molar-refractivity contribution in [2.45, 2.75) is 37.2 Å². The lowest BCUT2D eigenvalue weighted by atomic mass is 10.2. The Morgan fingerprint density at radius 1 is 0.939 bits per heavy atom. The number of rotatable bonds is 6. The number of hydrogen-bond acceptors (Lipinski definition) is 5. The lowest BCUT2D eigenvalue weighted by Gasteiger charge is -2.26. The molecule has 0 spiro atoms. The van der Waals surface area contributed by atoms with Crippen molar-refractivity contribution in [2.24, 2.45) is 0 Å². The van der Waals surface area contributed by atoms with Gasteiger partial charge in [0.1, 0.15) is 4.90 Å². The molecule has 0 radical (unpaired) electrons. The summed E-state index contributed by atoms with van der Waals surface area (Å²) in [6.45, 7) is 2.14. The Balaban J connectivity index is 1.74. The highest BCUT2D eigenvalue weighted by molar-refractivity contribution is 7.89. The Morgan fingerprint density at radius 2 is 1.58 bits per heavy atom. The first-order valence-corrected chi connectivity index (χ1v) is 12.9. The van der Waals surface area contributed by atoms with Gasteiger partial charge in [-0.2, -0.15) is 4.31 Å². The minimum absolute atomic E-state index is 0.00262. The maximum atomic E-state index is 13.0. The third kappa shape index (κ3) is 6.12. The van der Waals surface area contributed by atoms with Gasteiger partial charge in [0.05, 0.1) is 31.3 Å². The van der Waals surface area contributed by atoms with Crippen LogP contribution in [-0.4, -0.2) is 43.8 Å². The molecule has 1 fully saturated rings. The molecule has 2 aromatic carbocycles. The van der Waals surface area contributed by atoms with Crippen LogP contribution in [0, 0.1) is 0 Å². The predicted molar refractivity (Wildman–Crippen MR) is 129 cm³/mol. The van der Waals surface area contributed by atoms with E-state index in [1.54, 1.807) is 0 Å². The first kappa shape index (κ1) is 26.1. The van der Waals surface area contributed by atoms with Crippen molar-refractivity contribution in [2.75, 3.05) is 18.4 Å². The number of ether oxygens (including phenoxy) is 1. The van der Waals surface area contributed by atoms with Crippen LogP contribution in [0.2, 0.25) is 20.1 Å². The summed E-state index contributed by atoms with van der Waals surface area (Å²) in [6.07, 6.45) is 1.25. The van der Waals surface area contributed by atoms with Gasteiger partial charge in [0.15, 0.2) is 6.10 Å². The zero-order chi connectivity index (χ0) is 24.3. The summed E-state index contributed by atoms with van der Waals surface area (Å²) < 4.78 is 32.5. The second kappa shape index (κ2) is 10.8. The second-order valence-electron chi connectivity index (χ2n) is 7.39. The van der Waals surface area contributed by atoms with Crippen molar-refractivity contribution in [1.82, 2.24) is 4.31 Å². The second-order valence-corrected chi connectivity index (χ2v) is 10.9. The van der Waals surface area contributed by atoms with E-state index in [4.69, 9.17) is 51.1 Å². The van der Waals surface area contributed by atoms with Crippen LogP contribution in [0.25, 0.3) is 0 Å². The summed E-state index contributed by atoms with van der Waals surface area (Å²) in [7, 11) is -3.87. The van der Waals surface area contributed by atoms with E-state index in [0.29, 0.717) is 13.1 Å². The number of benzene rings is 2. The topological polar surface area (TPSA) is 92.8 Å². The average Bonchev–Trinajstić information content (AvgIpc) is 2.78. The number of nitrogens with zero attached hydrogens (tertiary/aromatic N) is 1. The van der Waals surface area contributed by atoms with Gasteiger partial charge in [0, 0.05) is 13.1 Å². The number of nitrogens with one attached hydrogen (secondary N) is 1. The van der Waals surface area contributed by atoms with E-state index in [9.17, 15) is 18.0 Å².